The first-order valence-corrected chi connectivity index (χ1v) is 5.01. The van der Waals surface area contributed by atoms with Crippen LogP contribution in [-0.2, 0) is 0 Å². The number of halogens is 2. The summed E-state index contributed by atoms with van der Waals surface area (Å²) in [5, 5.41) is 17.1. The Kier molecular flexibility index (Phi) is 2.89. The van der Waals surface area contributed by atoms with Crippen molar-refractivity contribution in [2.45, 2.75) is 13.0 Å². The largest absolute Gasteiger partial charge is 0.387 e. The molecule has 4 nitrogen and oxygen atoms in total. The van der Waals surface area contributed by atoms with Gasteiger partial charge in [-0.15, -0.1) is 5.10 Å². The molecule has 1 heterocycles. The predicted molar refractivity (Wildman–Crippen MR) is 57.0 cm³/mol. The second-order valence-corrected chi connectivity index (χ2v) is 3.80. The summed E-state index contributed by atoms with van der Waals surface area (Å²) >= 11 is 5.76. The molecule has 0 saturated carbocycles. The van der Waals surface area contributed by atoms with Crippen molar-refractivity contribution in [3.63, 3.8) is 0 Å². The van der Waals surface area contributed by atoms with Crippen LogP contribution in [0.25, 0.3) is 5.69 Å². The Hall–Kier alpha value is -1.46. The van der Waals surface area contributed by atoms with Crippen molar-refractivity contribution >= 4 is 11.6 Å². The zero-order chi connectivity index (χ0) is 11.7. The summed E-state index contributed by atoms with van der Waals surface area (Å²) in [7, 11) is 0. The normalized spacial score (nSPS) is 12.8. The lowest BCUT2D eigenvalue weighted by atomic mass is 10.3. The molecule has 0 fully saturated rings. The Bertz CT molecular complexity index is 513. The third-order valence-electron chi connectivity index (χ3n) is 2.09. The fraction of sp³-hybridized carbons (Fsp3) is 0.200. The van der Waals surface area contributed by atoms with Gasteiger partial charge in [-0.2, -0.15) is 0 Å². The van der Waals surface area contributed by atoms with Gasteiger partial charge >= 0.3 is 0 Å². The van der Waals surface area contributed by atoms with Crippen molar-refractivity contribution in [3.05, 3.63) is 40.9 Å². The number of aromatic nitrogens is 3. The van der Waals surface area contributed by atoms with Gasteiger partial charge in [0.15, 0.2) is 0 Å². The van der Waals surface area contributed by atoms with Crippen LogP contribution in [0.5, 0.6) is 0 Å². The molecule has 16 heavy (non-hydrogen) atoms. The SMILES string of the molecule is CC(O)c1cn(-c2cc(Cl)ccc2F)nn1. The van der Waals surface area contributed by atoms with E-state index in [9.17, 15) is 9.50 Å². The molecule has 0 aliphatic heterocycles. The monoisotopic (exact) mass is 241 g/mol. The molecule has 2 rings (SSSR count). The molecular weight excluding hydrogens is 233 g/mol. The van der Waals surface area contributed by atoms with Gasteiger partial charge in [0.1, 0.15) is 17.2 Å². The van der Waals surface area contributed by atoms with Crippen LogP contribution in [-0.4, -0.2) is 20.1 Å². The minimum absolute atomic E-state index is 0.201. The number of hydrogen-bond donors (Lipinski definition) is 1. The molecule has 0 radical (unpaired) electrons. The average Bonchev–Trinajstić information content (AvgIpc) is 2.70. The summed E-state index contributed by atoms with van der Waals surface area (Å²) in [6, 6.07) is 4.14. The zero-order valence-corrected chi connectivity index (χ0v) is 9.19. The van der Waals surface area contributed by atoms with Gasteiger partial charge < -0.3 is 5.11 Å². The van der Waals surface area contributed by atoms with Gasteiger partial charge in [-0.05, 0) is 25.1 Å². The van der Waals surface area contributed by atoms with E-state index in [4.69, 9.17) is 11.6 Å². The fourth-order valence-electron chi connectivity index (χ4n) is 1.25. The van der Waals surface area contributed by atoms with E-state index in [1.807, 2.05) is 0 Å². The molecule has 6 heteroatoms. The second kappa shape index (κ2) is 4.19. The molecular formula is C10H9ClFN3O. The number of aliphatic hydroxyl groups is 1. The Morgan fingerprint density at radius 1 is 1.50 bits per heavy atom. The summed E-state index contributed by atoms with van der Waals surface area (Å²) in [5.74, 6) is -0.452. The number of nitrogens with zero attached hydrogens (tertiary/aromatic N) is 3. The highest BCUT2D eigenvalue weighted by Crippen LogP contribution is 2.19. The van der Waals surface area contributed by atoms with Crippen LogP contribution in [0.15, 0.2) is 24.4 Å². The van der Waals surface area contributed by atoms with Crippen molar-refractivity contribution < 1.29 is 9.50 Å². The average molecular weight is 242 g/mol. The van der Waals surface area contributed by atoms with Crippen LogP contribution in [0.2, 0.25) is 5.02 Å². The van der Waals surface area contributed by atoms with Crippen molar-refractivity contribution in [2.75, 3.05) is 0 Å². The lowest BCUT2D eigenvalue weighted by Crippen LogP contribution is -1.98. The van der Waals surface area contributed by atoms with Crippen molar-refractivity contribution in [1.82, 2.24) is 15.0 Å². The molecule has 84 valence electrons. The third kappa shape index (κ3) is 2.05. The molecule has 0 spiro atoms. The van der Waals surface area contributed by atoms with Gasteiger partial charge in [0, 0.05) is 5.02 Å². The number of aliphatic hydroxyl groups excluding tert-OH is 1. The van der Waals surface area contributed by atoms with Crippen molar-refractivity contribution in [1.29, 1.82) is 0 Å². The van der Waals surface area contributed by atoms with E-state index in [0.717, 1.165) is 0 Å². The van der Waals surface area contributed by atoms with E-state index >= 15 is 0 Å². The van der Waals surface area contributed by atoms with E-state index in [2.05, 4.69) is 10.3 Å². The minimum atomic E-state index is -0.740. The van der Waals surface area contributed by atoms with Gasteiger partial charge in [0.25, 0.3) is 0 Å². The molecule has 1 aromatic heterocycles. The van der Waals surface area contributed by atoms with Gasteiger partial charge in [0.2, 0.25) is 0 Å². The highest BCUT2D eigenvalue weighted by Gasteiger charge is 2.10. The molecule has 0 aliphatic rings. The van der Waals surface area contributed by atoms with Gasteiger partial charge in [-0.25, -0.2) is 9.07 Å². The summed E-state index contributed by atoms with van der Waals surface area (Å²) in [4.78, 5) is 0. The van der Waals surface area contributed by atoms with E-state index in [1.54, 1.807) is 6.92 Å². The number of rotatable bonds is 2. The molecule has 1 N–H and O–H groups in total. The van der Waals surface area contributed by atoms with E-state index in [0.29, 0.717) is 10.7 Å². The molecule has 1 atom stereocenters. The summed E-state index contributed by atoms with van der Waals surface area (Å²) in [6.45, 7) is 1.56. The first-order chi connectivity index (χ1) is 7.58. The maximum Gasteiger partial charge on any atom is 0.149 e. The van der Waals surface area contributed by atoms with E-state index in [1.165, 1.54) is 29.1 Å². The van der Waals surface area contributed by atoms with E-state index < -0.39 is 11.9 Å². The first kappa shape index (κ1) is 11.0. The van der Waals surface area contributed by atoms with Crippen LogP contribution in [0, 0.1) is 5.82 Å². The number of benzene rings is 1. The zero-order valence-electron chi connectivity index (χ0n) is 8.43. The number of hydrogen-bond acceptors (Lipinski definition) is 3. The molecule has 0 aliphatic carbocycles. The maximum absolute atomic E-state index is 13.5. The molecule has 1 unspecified atom stereocenters. The summed E-state index contributed by atoms with van der Waals surface area (Å²) < 4.78 is 14.7. The molecule has 1 aromatic carbocycles. The summed E-state index contributed by atoms with van der Waals surface area (Å²) in [6.07, 6.45) is 0.718. The highest BCUT2D eigenvalue weighted by molar-refractivity contribution is 6.30. The quantitative estimate of drug-likeness (QED) is 0.876. The van der Waals surface area contributed by atoms with Crippen LogP contribution in [0.3, 0.4) is 0 Å². The molecule has 0 amide bonds. The predicted octanol–water partition coefficient (Wildman–Crippen LogP) is 2.11. The van der Waals surface area contributed by atoms with E-state index in [-0.39, 0.29) is 5.69 Å². The smallest absolute Gasteiger partial charge is 0.149 e. The van der Waals surface area contributed by atoms with Crippen LogP contribution in [0.4, 0.5) is 4.39 Å². The van der Waals surface area contributed by atoms with Crippen molar-refractivity contribution in [2.24, 2.45) is 0 Å². The lowest BCUT2D eigenvalue weighted by molar-refractivity contribution is 0.194. The summed E-state index contributed by atoms with van der Waals surface area (Å²) in [5.41, 5.74) is 0.575. The Morgan fingerprint density at radius 2 is 2.25 bits per heavy atom. The third-order valence-corrected chi connectivity index (χ3v) is 2.33. The van der Waals surface area contributed by atoms with Crippen molar-refractivity contribution in [3.8, 4) is 5.69 Å². The highest BCUT2D eigenvalue weighted by atomic mass is 35.5. The first-order valence-electron chi connectivity index (χ1n) is 4.63. The second-order valence-electron chi connectivity index (χ2n) is 3.36. The topological polar surface area (TPSA) is 50.9 Å². The molecule has 0 saturated heterocycles. The van der Waals surface area contributed by atoms with Gasteiger partial charge in [0.05, 0.1) is 12.3 Å². The Labute approximate surface area is 96.3 Å². The van der Waals surface area contributed by atoms with Gasteiger partial charge in [-0.1, -0.05) is 16.8 Å². The maximum atomic E-state index is 13.5. The standard InChI is InChI=1S/C10H9ClFN3O/c1-6(16)9-5-15(14-13-9)10-4-7(11)2-3-8(10)12/h2-6,16H,1H3. The van der Waals surface area contributed by atoms with Crippen LogP contribution in [0.1, 0.15) is 18.7 Å². The molecule has 2 aromatic rings. The minimum Gasteiger partial charge on any atom is -0.387 e. The fourth-order valence-corrected chi connectivity index (χ4v) is 1.41. The van der Waals surface area contributed by atoms with Crippen LogP contribution >= 0.6 is 11.6 Å². The van der Waals surface area contributed by atoms with Gasteiger partial charge in [-0.3, -0.25) is 0 Å². The Balaban J connectivity index is 2.46. The molecule has 0 bridgehead atoms. The lowest BCUT2D eigenvalue weighted by Gasteiger charge is -2.02. The Morgan fingerprint density at radius 3 is 2.88 bits per heavy atom. The van der Waals surface area contributed by atoms with Crippen LogP contribution < -0.4 is 0 Å².